The summed E-state index contributed by atoms with van der Waals surface area (Å²) in [4.78, 5) is 0. The second-order valence-corrected chi connectivity index (χ2v) is 4.75. The van der Waals surface area contributed by atoms with Gasteiger partial charge in [0.1, 0.15) is 0 Å². The minimum absolute atomic E-state index is 0.550. The van der Waals surface area contributed by atoms with Crippen molar-refractivity contribution in [2.75, 3.05) is 0 Å². The van der Waals surface area contributed by atoms with Crippen LogP contribution in [0.15, 0.2) is 24.3 Å². The molecule has 0 heterocycles. The van der Waals surface area contributed by atoms with Gasteiger partial charge in [-0.2, -0.15) is 0 Å². The Balaban J connectivity index is 2.30. The van der Waals surface area contributed by atoms with E-state index in [0.29, 0.717) is 5.92 Å². The molecule has 0 radical (unpaired) electrons. The summed E-state index contributed by atoms with van der Waals surface area (Å²) in [5.41, 5.74) is 1.78. The Morgan fingerprint density at radius 2 is 2.21 bits per heavy atom. The van der Waals surface area contributed by atoms with Crippen molar-refractivity contribution < 1.29 is 5.11 Å². The molecule has 1 aliphatic carbocycles. The maximum atomic E-state index is 10.5. The molecule has 1 saturated carbocycles. The average molecular weight is 190 g/mol. The molecule has 14 heavy (non-hydrogen) atoms. The Bertz CT molecular complexity index is 332. The molecule has 1 aliphatic rings. The molecule has 1 fully saturated rings. The first-order chi connectivity index (χ1) is 6.60. The van der Waals surface area contributed by atoms with Crippen LogP contribution in [0.3, 0.4) is 0 Å². The van der Waals surface area contributed by atoms with Crippen LogP contribution in [0.5, 0.6) is 0 Å². The van der Waals surface area contributed by atoms with Crippen molar-refractivity contribution in [3.63, 3.8) is 0 Å². The fourth-order valence-electron chi connectivity index (χ4n) is 2.46. The van der Waals surface area contributed by atoms with Crippen LogP contribution in [0.25, 0.3) is 0 Å². The van der Waals surface area contributed by atoms with Crippen molar-refractivity contribution in [1.29, 1.82) is 0 Å². The zero-order valence-corrected chi connectivity index (χ0v) is 8.96. The molecule has 1 aromatic carbocycles. The van der Waals surface area contributed by atoms with Crippen LogP contribution in [0, 0.1) is 12.8 Å². The molecule has 0 amide bonds. The van der Waals surface area contributed by atoms with Crippen LogP contribution in [-0.4, -0.2) is 5.11 Å². The third kappa shape index (κ3) is 1.69. The predicted octanol–water partition coefficient (Wildman–Crippen LogP) is 3.00. The quantitative estimate of drug-likeness (QED) is 0.721. The van der Waals surface area contributed by atoms with Gasteiger partial charge >= 0.3 is 0 Å². The normalized spacial score (nSPS) is 32.1. The zero-order valence-electron chi connectivity index (χ0n) is 8.96. The van der Waals surface area contributed by atoms with E-state index in [2.05, 4.69) is 26.0 Å². The van der Waals surface area contributed by atoms with E-state index in [1.807, 2.05) is 12.1 Å². The maximum absolute atomic E-state index is 10.5. The fraction of sp³-hybridized carbons (Fsp3) is 0.538. The van der Waals surface area contributed by atoms with Crippen LogP contribution in [-0.2, 0) is 5.60 Å². The third-order valence-electron chi connectivity index (χ3n) is 3.29. The van der Waals surface area contributed by atoms with Gasteiger partial charge in [-0.1, -0.05) is 36.8 Å². The summed E-state index contributed by atoms with van der Waals surface area (Å²) in [7, 11) is 0. The first-order valence-electron chi connectivity index (χ1n) is 5.40. The van der Waals surface area contributed by atoms with Crippen LogP contribution in [0.1, 0.15) is 37.3 Å². The molecule has 0 aliphatic heterocycles. The second kappa shape index (κ2) is 3.39. The minimum atomic E-state index is -0.550. The van der Waals surface area contributed by atoms with Crippen molar-refractivity contribution >= 4 is 0 Å². The summed E-state index contributed by atoms with van der Waals surface area (Å²) >= 11 is 0. The van der Waals surface area contributed by atoms with E-state index in [0.717, 1.165) is 24.8 Å². The summed E-state index contributed by atoms with van der Waals surface area (Å²) in [5, 5.41) is 10.5. The van der Waals surface area contributed by atoms with E-state index in [1.54, 1.807) is 0 Å². The van der Waals surface area contributed by atoms with Crippen molar-refractivity contribution in [2.24, 2.45) is 5.92 Å². The first-order valence-corrected chi connectivity index (χ1v) is 5.40. The molecule has 1 aromatic rings. The van der Waals surface area contributed by atoms with Gasteiger partial charge in [-0.15, -0.1) is 0 Å². The summed E-state index contributed by atoms with van der Waals surface area (Å²) in [5.74, 6) is 0.653. The maximum Gasteiger partial charge on any atom is 0.0899 e. The third-order valence-corrected chi connectivity index (χ3v) is 3.29. The Hall–Kier alpha value is -0.820. The summed E-state index contributed by atoms with van der Waals surface area (Å²) in [6.45, 7) is 4.29. The fourth-order valence-corrected chi connectivity index (χ4v) is 2.46. The van der Waals surface area contributed by atoms with E-state index >= 15 is 0 Å². The minimum Gasteiger partial charge on any atom is -0.385 e. The van der Waals surface area contributed by atoms with Crippen molar-refractivity contribution in [3.8, 4) is 0 Å². The number of aliphatic hydroxyl groups is 1. The van der Waals surface area contributed by atoms with Gasteiger partial charge in [0.05, 0.1) is 5.60 Å². The molecular formula is C13H18O. The highest BCUT2D eigenvalue weighted by Crippen LogP contribution is 2.41. The van der Waals surface area contributed by atoms with Gasteiger partial charge in [0, 0.05) is 0 Å². The Morgan fingerprint density at radius 3 is 2.79 bits per heavy atom. The molecule has 2 atom stereocenters. The van der Waals surface area contributed by atoms with Crippen LogP contribution < -0.4 is 0 Å². The molecular weight excluding hydrogens is 172 g/mol. The highest BCUT2D eigenvalue weighted by Gasteiger charge is 2.36. The SMILES string of the molecule is Cc1cccc(C2(O)CCC(C)C2)c1. The topological polar surface area (TPSA) is 20.2 Å². The van der Waals surface area contributed by atoms with Gasteiger partial charge in [-0.3, -0.25) is 0 Å². The van der Waals surface area contributed by atoms with E-state index in [9.17, 15) is 5.11 Å². The largest absolute Gasteiger partial charge is 0.385 e. The Labute approximate surface area is 85.8 Å². The lowest BCUT2D eigenvalue weighted by atomic mass is 9.90. The number of rotatable bonds is 1. The lowest BCUT2D eigenvalue weighted by Gasteiger charge is -2.23. The first kappa shape index (κ1) is 9.72. The Kier molecular flexibility index (Phi) is 2.36. The smallest absolute Gasteiger partial charge is 0.0899 e. The van der Waals surface area contributed by atoms with Crippen LogP contribution in [0.4, 0.5) is 0 Å². The Morgan fingerprint density at radius 1 is 1.43 bits per heavy atom. The summed E-state index contributed by atoms with van der Waals surface area (Å²) < 4.78 is 0. The van der Waals surface area contributed by atoms with Crippen molar-refractivity contribution in [3.05, 3.63) is 35.4 Å². The molecule has 1 N–H and O–H groups in total. The molecule has 0 aromatic heterocycles. The predicted molar refractivity (Wildman–Crippen MR) is 58.1 cm³/mol. The molecule has 76 valence electrons. The van der Waals surface area contributed by atoms with Gasteiger partial charge in [0.2, 0.25) is 0 Å². The highest BCUT2D eigenvalue weighted by atomic mass is 16.3. The number of hydrogen-bond acceptors (Lipinski definition) is 1. The van der Waals surface area contributed by atoms with Gasteiger partial charge in [0.15, 0.2) is 0 Å². The van der Waals surface area contributed by atoms with E-state index in [4.69, 9.17) is 0 Å². The number of hydrogen-bond donors (Lipinski definition) is 1. The van der Waals surface area contributed by atoms with Crippen molar-refractivity contribution in [2.45, 2.75) is 38.7 Å². The molecule has 1 heteroatoms. The van der Waals surface area contributed by atoms with Gasteiger partial charge in [0.25, 0.3) is 0 Å². The van der Waals surface area contributed by atoms with E-state index < -0.39 is 5.60 Å². The molecule has 0 bridgehead atoms. The average Bonchev–Trinajstić information content (AvgIpc) is 2.48. The number of aryl methyl sites for hydroxylation is 1. The standard InChI is InChI=1S/C13H18O/c1-10-4-3-5-12(8-10)13(14)7-6-11(2)9-13/h3-5,8,11,14H,6-7,9H2,1-2H3. The van der Waals surface area contributed by atoms with Crippen LogP contribution >= 0.6 is 0 Å². The molecule has 0 saturated heterocycles. The lowest BCUT2D eigenvalue weighted by molar-refractivity contribution is 0.0407. The van der Waals surface area contributed by atoms with Gasteiger partial charge < -0.3 is 5.11 Å². The monoisotopic (exact) mass is 190 g/mol. The van der Waals surface area contributed by atoms with Gasteiger partial charge in [-0.25, -0.2) is 0 Å². The molecule has 2 unspecified atom stereocenters. The lowest BCUT2D eigenvalue weighted by Crippen LogP contribution is -2.21. The van der Waals surface area contributed by atoms with E-state index in [-0.39, 0.29) is 0 Å². The van der Waals surface area contributed by atoms with E-state index in [1.165, 1.54) is 5.56 Å². The molecule has 1 nitrogen and oxygen atoms in total. The summed E-state index contributed by atoms with van der Waals surface area (Å²) in [6.07, 6.45) is 2.97. The van der Waals surface area contributed by atoms with Crippen LogP contribution in [0.2, 0.25) is 0 Å². The highest BCUT2D eigenvalue weighted by molar-refractivity contribution is 5.28. The number of benzene rings is 1. The zero-order chi connectivity index (χ0) is 10.2. The second-order valence-electron chi connectivity index (χ2n) is 4.75. The molecule has 0 spiro atoms. The molecule has 2 rings (SSSR count). The van der Waals surface area contributed by atoms with Gasteiger partial charge in [-0.05, 0) is 37.7 Å². The van der Waals surface area contributed by atoms with Crippen molar-refractivity contribution in [1.82, 2.24) is 0 Å². The summed E-state index contributed by atoms with van der Waals surface area (Å²) in [6, 6.07) is 8.26.